The number of hydrogen-bond donors (Lipinski definition) is 1. The summed E-state index contributed by atoms with van der Waals surface area (Å²) in [5, 5.41) is 9.45. The number of nitrogens with zero attached hydrogens (tertiary/aromatic N) is 2. The van der Waals surface area contributed by atoms with Gasteiger partial charge in [-0.05, 0) is 60.9 Å². The van der Waals surface area contributed by atoms with Crippen molar-refractivity contribution >= 4 is 38.6 Å². The molecule has 1 aromatic heterocycles. The van der Waals surface area contributed by atoms with Gasteiger partial charge in [0.05, 0.1) is 16.6 Å². The Hall–Kier alpha value is -2.38. The second-order valence-corrected chi connectivity index (χ2v) is 6.18. The fourth-order valence-corrected chi connectivity index (χ4v) is 2.73. The van der Waals surface area contributed by atoms with Crippen molar-refractivity contribution < 1.29 is 0 Å². The summed E-state index contributed by atoms with van der Waals surface area (Å²) in [6.45, 7) is 4.13. The molecule has 0 fully saturated rings. The lowest BCUT2D eigenvalue weighted by Crippen LogP contribution is -1.85. The van der Waals surface area contributed by atoms with Gasteiger partial charge in [0.2, 0.25) is 0 Å². The quantitative estimate of drug-likeness (QED) is 0.660. The molecule has 2 aromatic carbocycles. The molecule has 22 heavy (non-hydrogen) atoms. The number of rotatable bonds is 2. The zero-order valence-electron chi connectivity index (χ0n) is 12.3. The van der Waals surface area contributed by atoms with E-state index in [0.29, 0.717) is 11.4 Å². The van der Waals surface area contributed by atoms with Gasteiger partial charge in [0.25, 0.3) is 0 Å². The largest absolute Gasteiger partial charge is 0.337 e. The standard InChI is InChI=1S/C18H14BrN3/c1-11-6-16-17(7-12(11)2)22-18(21-16)14(10-20)8-13-4-3-5-15(19)9-13/h3-9H,1-2H3,(H,21,22)/b14-8+. The van der Waals surface area contributed by atoms with Gasteiger partial charge in [0.15, 0.2) is 0 Å². The molecule has 0 aliphatic heterocycles. The van der Waals surface area contributed by atoms with Gasteiger partial charge in [-0.2, -0.15) is 5.26 Å². The van der Waals surface area contributed by atoms with Crippen LogP contribution in [0, 0.1) is 25.2 Å². The van der Waals surface area contributed by atoms with Gasteiger partial charge in [-0.15, -0.1) is 0 Å². The smallest absolute Gasteiger partial charge is 0.149 e. The molecule has 1 heterocycles. The Morgan fingerprint density at radius 1 is 1.23 bits per heavy atom. The number of halogens is 1. The van der Waals surface area contributed by atoms with Crippen LogP contribution in [0.15, 0.2) is 40.9 Å². The Labute approximate surface area is 137 Å². The van der Waals surface area contributed by atoms with E-state index in [-0.39, 0.29) is 0 Å². The van der Waals surface area contributed by atoms with Crippen LogP contribution in [0.3, 0.4) is 0 Å². The molecule has 0 bridgehead atoms. The minimum atomic E-state index is 0.518. The summed E-state index contributed by atoms with van der Waals surface area (Å²) < 4.78 is 0.981. The van der Waals surface area contributed by atoms with Crippen LogP contribution >= 0.6 is 15.9 Å². The Kier molecular flexibility index (Phi) is 3.82. The molecule has 0 unspecified atom stereocenters. The monoisotopic (exact) mass is 351 g/mol. The first-order chi connectivity index (χ1) is 10.6. The van der Waals surface area contributed by atoms with Crippen molar-refractivity contribution in [3.8, 4) is 6.07 Å². The number of imidazole rings is 1. The van der Waals surface area contributed by atoms with E-state index in [2.05, 4.69) is 51.9 Å². The Bertz CT molecular complexity index is 890. The highest BCUT2D eigenvalue weighted by Gasteiger charge is 2.09. The van der Waals surface area contributed by atoms with Crippen LogP contribution in [0.1, 0.15) is 22.5 Å². The molecule has 0 aliphatic rings. The topological polar surface area (TPSA) is 52.5 Å². The number of H-pyrrole nitrogens is 1. The van der Waals surface area contributed by atoms with E-state index in [1.807, 2.05) is 36.4 Å². The van der Waals surface area contributed by atoms with Gasteiger partial charge < -0.3 is 4.98 Å². The third kappa shape index (κ3) is 2.81. The highest BCUT2D eigenvalue weighted by molar-refractivity contribution is 9.10. The zero-order valence-corrected chi connectivity index (χ0v) is 13.9. The first kappa shape index (κ1) is 14.6. The van der Waals surface area contributed by atoms with Gasteiger partial charge in [-0.3, -0.25) is 0 Å². The maximum absolute atomic E-state index is 9.45. The van der Waals surface area contributed by atoms with E-state index in [4.69, 9.17) is 0 Å². The Morgan fingerprint density at radius 3 is 2.73 bits per heavy atom. The fraction of sp³-hybridized carbons (Fsp3) is 0.111. The van der Waals surface area contributed by atoms with E-state index >= 15 is 0 Å². The first-order valence-electron chi connectivity index (χ1n) is 6.91. The highest BCUT2D eigenvalue weighted by Crippen LogP contribution is 2.22. The lowest BCUT2D eigenvalue weighted by atomic mass is 10.1. The summed E-state index contributed by atoms with van der Waals surface area (Å²) in [6.07, 6.45) is 1.84. The number of fused-ring (bicyclic) bond motifs is 1. The summed E-state index contributed by atoms with van der Waals surface area (Å²) in [7, 11) is 0. The summed E-state index contributed by atoms with van der Waals surface area (Å²) in [6, 6.07) is 14.2. The molecule has 0 saturated carbocycles. The van der Waals surface area contributed by atoms with Crippen LogP contribution in [0.25, 0.3) is 22.7 Å². The third-order valence-corrected chi connectivity index (χ3v) is 4.13. The lowest BCUT2D eigenvalue weighted by molar-refractivity contribution is 1.27. The van der Waals surface area contributed by atoms with E-state index in [1.54, 1.807) is 0 Å². The molecule has 0 atom stereocenters. The molecule has 3 nitrogen and oxygen atoms in total. The third-order valence-electron chi connectivity index (χ3n) is 3.63. The number of nitrogens with one attached hydrogen (secondary N) is 1. The van der Waals surface area contributed by atoms with Crippen molar-refractivity contribution in [2.75, 3.05) is 0 Å². The molecular weight excluding hydrogens is 338 g/mol. The summed E-state index contributed by atoms with van der Waals surface area (Å²) in [4.78, 5) is 7.78. The number of hydrogen-bond acceptors (Lipinski definition) is 2. The second kappa shape index (κ2) is 5.78. The summed E-state index contributed by atoms with van der Waals surface area (Å²) in [5.74, 6) is 0.600. The van der Waals surface area contributed by atoms with Crippen molar-refractivity contribution in [2.24, 2.45) is 0 Å². The van der Waals surface area contributed by atoms with Crippen LogP contribution in [-0.2, 0) is 0 Å². The van der Waals surface area contributed by atoms with Crippen LogP contribution < -0.4 is 0 Å². The number of aromatic nitrogens is 2. The Balaban J connectivity index is 2.09. The predicted molar refractivity (Wildman–Crippen MR) is 93.2 cm³/mol. The minimum Gasteiger partial charge on any atom is -0.337 e. The average Bonchev–Trinajstić information content (AvgIpc) is 2.88. The molecule has 0 aliphatic carbocycles. The molecule has 0 saturated heterocycles. The van der Waals surface area contributed by atoms with Gasteiger partial charge in [0.1, 0.15) is 11.9 Å². The highest BCUT2D eigenvalue weighted by atomic mass is 79.9. The molecule has 0 amide bonds. The second-order valence-electron chi connectivity index (χ2n) is 5.26. The van der Waals surface area contributed by atoms with Gasteiger partial charge in [0, 0.05) is 4.47 Å². The molecular formula is C18H14BrN3. The number of allylic oxidation sites excluding steroid dienone is 1. The molecule has 3 rings (SSSR count). The normalized spacial score (nSPS) is 11.6. The summed E-state index contributed by atoms with van der Waals surface area (Å²) in [5.41, 5.74) is 5.71. The molecule has 4 heteroatoms. The van der Waals surface area contributed by atoms with Crippen LogP contribution in [0.4, 0.5) is 0 Å². The van der Waals surface area contributed by atoms with Crippen molar-refractivity contribution in [1.29, 1.82) is 5.26 Å². The van der Waals surface area contributed by atoms with Crippen LogP contribution in [0.2, 0.25) is 0 Å². The molecule has 108 valence electrons. The minimum absolute atomic E-state index is 0.518. The molecule has 0 radical (unpaired) electrons. The SMILES string of the molecule is Cc1cc2nc(/C(C#N)=C/c3cccc(Br)c3)[nH]c2cc1C. The van der Waals surface area contributed by atoms with E-state index < -0.39 is 0 Å². The van der Waals surface area contributed by atoms with E-state index in [0.717, 1.165) is 21.1 Å². The fourth-order valence-electron chi connectivity index (χ4n) is 2.31. The maximum Gasteiger partial charge on any atom is 0.149 e. The van der Waals surface area contributed by atoms with Gasteiger partial charge in [-0.1, -0.05) is 28.1 Å². The van der Waals surface area contributed by atoms with Crippen molar-refractivity contribution in [3.05, 3.63) is 63.4 Å². The van der Waals surface area contributed by atoms with E-state index in [9.17, 15) is 5.26 Å². The lowest BCUT2D eigenvalue weighted by Gasteiger charge is -1.97. The van der Waals surface area contributed by atoms with Gasteiger partial charge in [-0.25, -0.2) is 4.98 Å². The van der Waals surface area contributed by atoms with E-state index in [1.165, 1.54) is 11.1 Å². The maximum atomic E-state index is 9.45. The zero-order chi connectivity index (χ0) is 15.7. The molecule has 0 spiro atoms. The van der Waals surface area contributed by atoms with Crippen molar-refractivity contribution in [2.45, 2.75) is 13.8 Å². The average molecular weight is 352 g/mol. The van der Waals surface area contributed by atoms with Gasteiger partial charge >= 0.3 is 0 Å². The van der Waals surface area contributed by atoms with Crippen LogP contribution in [-0.4, -0.2) is 9.97 Å². The number of aromatic amines is 1. The Morgan fingerprint density at radius 2 is 2.00 bits per heavy atom. The predicted octanol–water partition coefficient (Wildman–Crippen LogP) is 5.01. The van der Waals surface area contributed by atoms with Crippen molar-refractivity contribution in [3.63, 3.8) is 0 Å². The number of aryl methyl sites for hydroxylation is 2. The molecule has 3 aromatic rings. The number of nitriles is 1. The van der Waals surface area contributed by atoms with Crippen LogP contribution in [0.5, 0.6) is 0 Å². The van der Waals surface area contributed by atoms with Crippen molar-refractivity contribution in [1.82, 2.24) is 9.97 Å². The number of benzene rings is 2. The molecule has 1 N–H and O–H groups in total. The first-order valence-corrected chi connectivity index (χ1v) is 7.71. The summed E-state index contributed by atoms with van der Waals surface area (Å²) >= 11 is 3.44.